The molecule has 2 aromatic carbocycles. The normalized spacial score (nSPS) is 20.6. The Labute approximate surface area is 146 Å². The summed E-state index contributed by atoms with van der Waals surface area (Å²) in [4.78, 5) is 13.0. The van der Waals surface area contributed by atoms with Crippen LogP contribution in [0.1, 0.15) is 18.4 Å². The molecule has 130 valence electrons. The fraction of sp³-hybridized carbons (Fsp3) is 0.278. The van der Waals surface area contributed by atoms with E-state index in [0.717, 1.165) is 36.9 Å². The average molecular weight is 358 g/mol. The Morgan fingerprint density at radius 1 is 1.20 bits per heavy atom. The zero-order valence-electron chi connectivity index (χ0n) is 13.5. The van der Waals surface area contributed by atoms with E-state index in [0.29, 0.717) is 17.9 Å². The summed E-state index contributed by atoms with van der Waals surface area (Å²) in [5.74, 6) is 1.02. The lowest BCUT2D eigenvalue weighted by atomic mass is 10.1. The van der Waals surface area contributed by atoms with Crippen LogP contribution < -0.4 is 14.4 Å². The number of fused-ring (bicyclic) bond motifs is 3. The number of nitrogens with one attached hydrogen (secondary N) is 1. The molecule has 1 atom stereocenters. The van der Waals surface area contributed by atoms with Crippen molar-refractivity contribution in [2.75, 3.05) is 11.4 Å². The summed E-state index contributed by atoms with van der Waals surface area (Å²) in [5, 5.41) is 0. The quantitative estimate of drug-likeness (QED) is 0.850. The first-order chi connectivity index (χ1) is 12.1. The molecular formula is C18H18N2O4S. The fourth-order valence-corrected chi connectivity index (χ4v) is 4.86. The van der Waals surface area contributed by atoms with Gasteiger partial charge in [-0.2, -0.15) is 4.72 Å². The summed E-state index contributed by atoms with van der Waals surface area (Å²) in [6, 6.07) is 12.3. The number of anilines is 1. The minimum absolute atomic E-state index is 0.149. The lowest BCUT2D eigenvalue weighted by Crippen LogP contribution is -2.48. The number of rotatable bonds is 4. The highest BCUT2D eigenvalue weighted by Crippen LogP contribution is 2.38. The van der Waals surface area contributed by atoms with Gasteiger partial charge in [0.2, 0.25) is 10.0 Å². The van der Waals surface area contributed by atoms with Crippen LogP contribution in [-0.4, -0.2) is 27.4 Å². The molecule has 1 fully saturated rings. The Kier molecular flexibility index (Phi) is 3.97. The van der Waals surface area contributed by atoms with Crippen molar-refractivity contribution in [3.05, 3.63) is 48.0 Å². The highest BCUT2D eigenvalue weighted by atomic mass is 32.2. The van der Waals surface area contributed by atoms with E-state index in [-0.39, 0.29) is 11.1 Å². The van der Waals surface area contributed by atoms with Gasteiger partial charge in [0.05, 0.1) is 11.9 Å². The zero-order valence-corrected chi connectivity index (χ0v) is 14.3. The number of sulfonamides is 1. The largest absolute Gasteiger partial charge is 0.457 e. The van der Waals surface area contributed by atoms with Gasteiger partial charge in [-0.15, -0.1) is 0 Å². The molecule has 0 amide bonds. The van der Waals surface area contributed by atoms with Crippen LogP contribution in [0.15, 0.2) is 47.4 Å². The standard InChI is InChI=1S/C18H18N2O4S/c21-10-8-13-3-1-4-14(11-13)24-15-6-7-16-17(12-15)25(22,23)19-18-5-2-9-20(16)18/h1,3-4,6-7,10-12,18-19H,2,5,8-9H2. The molecule has 0 aliphatic carbocycles. The summed E-state index contributed by atoms with van der Waals surface area (Å²) in [7, 11) is -3.55. The van der Waals surface area contributed by atoms with E-state index in [4.69, 9.17) is 4.74 Å². The number of ether oxygens (including phenoxy) is 1. The molecule has 0 radical (unpaired) electrons. The number of benzene rings is 2. The van der Waals surface area contributed by atoms with Crippen LogP contribution in [0.3, 0.4) is 0 Å². The van der Waals surface area contributed by atoms with E-state index in [1.165, 1.54) is 0 Å². The molecule has 2 heterocycles. The first kappa shape index (κ1) is 16.1. The van der Waals surface area contributed by atoms with E-state index in [9.17, 15) is 13.2 Å². The molecule has 0 saturated carbocycles. The Balaban J connectivity index is 1.67. The van der Waals surface area contributed by atoms with E-state index < -0.39 is 10.0 Å². The Bertz CT molecular complexity index is 926. The van der Waals surface area contributed by atoms with E-state index in [1.54, 1.807) is 36.4 Å². The van der Waals surface area contributed by atoms with Gasteiger partial charge in [0.25, 0.3) is 0 Å². The minimum Gasteiger partial charge on any atom is -0.457 e. The Morgan fingerprint density at radius 3 is 2.88 bits per heavy atom. The second kappa shape index (κ2) is 6.16. The van der Waals surface area contributed by atoms with Crippen molar-refractivity contribution < 1.29 is 17.9 Å². The number of hydrogen-bond acceptors (Lipinski definition) is 5. The maximum atomic E-state index is 12.5. The zero-order chi connectivity index (χ0) is 17.4. The molecular weight excluding hydrogens is 340 g/mol. The molecule has 6 nitrogen and oxygen atoms in total. The van der Waals surface area contributed by atoms with Gasteiger partial charge in [-0.3, -0.25) is 0 Å². The number of hydrogen-bond donors (Lipinski definition) is 1. The van der Waals surface area contributed by atoms with Crippen LogP contribution in [0.5, 0.6) is 11.5 Å². The van der Waals surface area contributed by atoms with Crippen LogP contribution in [0, 0.1) is 0 Å². The lowest BCUT2D eigenvalue weighted by molar-refractivity contribution is -0.107. The van der Waals surface area contributed by atoms with E-state index in [1.807, 2.05) is 6.07 Å². The smallest absolute Gasteiger partial charge is 0.244 e. The van der Waals surface area contributed by atoms with Crippen LogP contribution in [0.4, 0.5) is 5.69 Å². The third kappa shape index (κ3) is 3.01. The summed E-state index contributed by atoms with van der Waals surface area (Å²) in [6.07, 6.45) is 2.79. The van der Waals surface area contributed by atoms with Gasteiger partial charge in [0.1, 0.15) is 22.7 Å². The number of nitrogens with zero attached hydrogens (tertiary/aromatic N) is 1. The van der Waals surface area contributed by atoms with Crippen molar-refractivity contribution in [1.29, 1.82) is 0 Å². The Morgan fingerprint density at radius 2 is 2.04 bits per heavy atom. The molecule has 2 aliphatic heterocycles. The summed E-state index contributed by atoms with van der Waals surface area (Å²) < 4.78 is 33.6. The van der Waals surface area contributed by atoms with Crippen molar-refractivity contribution >= 4 is 22.0 Å². The second-order valence-electron chi connectivity index (χ2n) is 6.22. The third-order valence-electron chi connectivity index (χ3n) is 4.53. The topological polar surface area (TPSA) is 75.7 Å². The molecule has 1 N–H and O–H groups in total. The predicted molar refractivity (Wildman–Crippen MR) is 93.4 cm³/mol. The SMILES string of the molecule is O=CCc1cccc(Oc2ccc3c(c2)S(=O)(=O)NC2CCCN32)c1. The summed E-state index contributed by atoms with van der Waals surface area (Å²) in [6.45, 7) is 0.841. The maximum absolute atomic E-state index is 12.5. The monoisotopic (exact) mass is 358 g/mol. The van der Waals surface area contributed by atoms with Crippen molar-refractivity contribution in [3.63, 3.8) is 0 Å². The van der Waals surface area contributed by atoms with Gasteiger partial charge < -0.3 is 14.4 Å². The minimum atomic E-state index is -3.55. The highest BCUT2D eigenvalue weighted by molar-refractivity contribution is 7.89. The van der Waals surface area contributed by atoms with Crippen LogP contribution in [-0.2, 0) is 21.2 Å². The molecule has 25 heavy (non-hydrogen) atoms. The highest BCUT2D eigenvalue weighted by Gasteiger charge is 2.37. The van der Waals surface area contributed by atoms with E-state index >= 15 is 0 Å². The number of carbonyl (C=O) groups excluding carboxylic acids is 1. The third-order valence-corrected chi connectivity index (χ3v) is 6.02. The molecule has 1 unspecified atom stereocenters. The van der Waals surface area contributed by atoms with Gasteiger partial charge in [-0.05, 0) is 42.7 Å². The maximum Gasteiger partial charge on any atom is 0.244 e. The average Bonchev–Trinajstić information content (AvgIpc) is 3.03. The Hall–Kier alpha value is -2.38. The van der Waals surface area contributed by atoms with Crippen LogP contribution in [0.25, 0.3) is 0 Å². The molecule has 2 aliphatic rings. The molecule has 7 heteroatoms. The molecule has 0 spiro atoms. The van der Waals surface area contributed by atoms with E-state index in [2.05, 4.69) is 9.62 Å². The van der Waals surface area contributed by atoms with Gasteiger partial charge in [-0.1, -0.05) is 12.1 Å². The van der Waals surface area contributed by atoms with Gasteiger partial charge in [0.15, 0.2) is 0 Å². The molecule has 0 bridgehead atoms. The molecule has 0 aromatic heterocycles. The predicted octanol–water partition coefficient (Wildman–Crippen LogP) is 2.44. The van der Waals surface area contributed by atoms with Crippen molar-refractivity contribution in [2.45, 2.75) is 30.3 Å². The second-order valence-corrected chi connectivity index (χ2v) is 7.90. The number of aldehydes is 1. The van der Waals surface area contributed by atoms with Gasteiger partial charge >= 0.3 is 0 Å². The van der Waals surface area contributed by atoms with Gasteiger partial charge in [-0.25, -0.2) is 8.42 Å². The molecule has 1 saturated heterocycles. The summed E-state index contributed by atoms with van der Waals surface area (Å²) >= 11 is 0. The molecule has 4 rings (SSSR count). The summed E-state index contributed by atoms with van der Waals surface area (Å²) in [5.41, 5.74) is 1.57. The molecule has 2 aromatic rings. The first-order valence-corrected chi connectivity index (χ1v) is 9.68. The van der Waals surface area contributed by atoms with Crippen molar-refractivity contribution in [1.82, 2.24) is 4.72 Å². The van der Waals surface area contributed by atoms with Gasteiger partial charge in [0, 0.05) is 19.0 Å². The van der Waals surface area contributed by atoms with Crippen LogP contribution >= 0.6 is 0 Å². The first-order valence-electron chi connectivity index (χ1n) is 8.20. The lowest BCUT2D eigenvalue weighted by Gasteiger charge is -2.33. The van der Waals surface area contributed by atoms with Crippen molar-refractivity contribution in [3.8, 4) is 11.5 Å². The van der Waals surface area contributed by atoms with Crippen molar-refractivity contribution in [2.24, 2.45) is 0 Å². The fourth-order valence-electron chi connectivity index (χ4n) is 3.40. The number of carbonyl (C=O) groups is 1. The van der Waals surface area contributed by atoms with Crippen LogP contribution in [0.2, 0.25) is 0 Å².